The fraction of sp³-hybridized carbons (Fsp3) is 0.389. The number of carbonyl (C=O) groups excluding carboxylic acids is 2. The van der Waals surface area contributed by atoms with Crippen LogP contribution in [0, 0.1) is 12.7 Å². The minimum atomic E-state index is -0.500. The average Bonchev–Trinajstić information content (AvgIpc) is 3.05. The highest BCUT2D eigenvalue weighted by Gasteiger charge is 2.24. The van der Waals surface area contributed by atoms with Gasteiger partial charge in [0.05, 0.1) is 5.56 Å². The van der Waals surface area contributed by atoms with Crippen LogP contribution in [0.25, 0.3) is 0 Å². The smallest absolute Gasteiger partial charge is 0.256 e. The van der Waals surface area contributed by atoms with Crippen LogP contribution in [-0.4, -0.2) is 59.5 Å². The molecule has 0 saturated carbocycles. The largest absolute Gasteiger partial charge is 0.360 e. The minimum Gasteiger partial charge on any atom is -0.360 e. The molecule has 2 amide bonds. The van der Waals surface area contributed by atoms with Gasteiger partial charge in [0.2, 0.25) is 5.91 Å². The molecule has 1 aliphatic rings. The van der Waals surface area contributed by atoms with Gasteiger partial charge in [0.15, 0.2) is 5.82 Å². The molecule has 1 saturated heterocycles. The summed E-state index contributed by atoms with van der Waals surface area (Å²) in [7, 11) is 0. The van der Waals surface area contributed by atoms with Gasteiger partial charge in [-0.1, -0.05) is 17.3 Å². The van der Waals surface area contributed by atoms with Crippen LogP contribution in [0.2, 0.25) is 0 Å². The van der Waals surface area contributed by atoms with E-state index in [9.17, 15) is 14.0 Å². The summed E-state index contributed by atoms with van der Waals surface area (Å²) in [6.45, 7) is 4.66. The molecule has 1 fully saturated rings. The first-order valence-electron chi connectivity index (χ1n) is 8.52. The maximum absolute atomic E-state index is 13.7. The summed E-state index contributed by atoms with van der Waals surface area (Å²) in [5.74, 6) is 0.119. The molecular weight excluding hydrogens is 339 g/mol. The number of halogens is 1. The summed E-state index contributed by atoms with van der Waals surface area (Å²) in [6, 6.07) is 7.67. The lowest BCUT2D eigenvalue weighted by Gasteiger charge is -2.34. The van der Waals surface area contributed by atoms with Crippen molar-refractivity contribution >= 4 is 17.6 Å². The van der Waals surface area contributed by atoms with E-state index in [2.05, 4.69) is 15.4 Å². The first-order valence-corrected chi connectivity index (χ1v) is 8.52. The van der Waals surface area contributed by atoms with E-state index in [4.69, 9.17) is 4.52 Å². The van der Waals surface area contributed by atoms with Crippen LogP contribution >= 0.6 is 0 Å². The highest BCUT2D eigenvalue weighted by Crippen LogP contribution is 2.13. The zero-order valence-corrected chi connectivity index (χ0v) is 14.6. The number of aromatic nitrogens is 1. The van der Waals surface area contributed by atoms with Crippen LogP contribution in [0.1, 0.15) is 22.5 Å². The van der Waals surface area contributed by atoms with Crippen molar-refractivity contribution in [1.29, 1.82) is 0 Å². The SMILES string of the molecule is Cc1cc(NC(=O)CCN2CCN(C(=O)c3ccccc3F)CC2)no1. The Labute approximate surface area is 150 Å². The summed E-state index contributed by atoms with van der Waals surface area (Å²) in [4.78, 5) is 28.1. The van der Waals surface area contributed by atoms with Gasteiger partial charge in [-0.25, -0.2) is 4.39 Å². The molecule has 8 heteroatoms. The number of benzene rings is 1. The first-order chi connectivity index (χ1) is 12.5. The Morgan fingerprint density at radius 2 is 1.96 bits per heavy atom. The number of rotatable bonds is 5. The maximum atomic E-state index is 13.7. The number of hydrogen-bond acceptors (Lipinski definition) is 5. The third-order valence-electron chi connectivity index (χ3n) is 4.31. The monoisotopic (exact) mass is 360 g/mol. The van der Waals surface area contributed by atoms with Gasteiger partial charge in [0.1, 0.15) is 11.6 Å². The van der Waals surface area contributed by atoms with Crippen LogP contribution < -0.4 is 5.32 Å². The minimum absolute atomic E-state index is 0.100. The third-order valence-corrected chi connectivity index (χ3v) is 4.31. The van der Waals surface area contributed by atoms with E-state index in [1.165, 1.54) is 12.1 Å². The third kappa shape index (κ3) is 4.45. The number of nitrogens with one attached hydrogen (secondary N) is 1. The van der Waals surface area contributed by atoms with Crippen molar-refractivity contribution in [1.82, 2.24) is 15.0 Å². The molecule has 7 nitrogen and oxygen atoms in total. The Morgan fingerprint density at radius 3 is 2.62 bits per heavy atom. The first kappa shape index (κ1) is 18.1. The maximum Gasteiger partial charge on any atom is 0.256 e. The molecule has 2 aromatic rings. The lowest BCUT2D eigenvalue weighted by molar-refractivity contribution is -0.116. The van der Waals surface area contributed by atoms with Crippen LogP contribution in [-0.2, 0) is 4.79 Å². The van der Waals surface area contributed by atoms with Crippen molar-refractivity contribution in [2.75, 3.05) is 38.0 Å². The molecule has 3 rings (SSSR count). The van der Waals surface area contributed by atoms with Gasteiger partial charge in [-0.15, -0.1) is 0 Å². The Hall–Kier alpha value is -2.74. The van der Waals surface area contributed by atoms with Gasteiger partial charge in [0, 0.05) is 45.2 Å². The zero-order valence-electron chi connectivity index (χ0n) is 14.6. The van der Waals surface area contributed by atoms with Crippen LogP contribution in [0.3, 0.4) is 0 Å². The predicted molar refractivity (Wildman–Crippen MR) is 93.2 cm³/mol. The molecule has 0 aliphatic carbocycles. The van der Waals surface area contributed by atoms with Crippen molar-refractivity contribution in [3.63, 3.8) is 0 Å². The summed E-state index contributed by atoms with van der Waals surface area (Å²) in [6.07, 6.45) is 0.327. The Kier molecular flexibility index (Phi) is 5.62. The molecule has 0 unspecified atom stereocenters. The van der Waals surface area contributed by atoms with Crippen molar-refractivity contribution in [3.8, 4) is 0 Å². The number of anilines is 1. The lowest BCUT2D eigenvalue weighted by atomic mass is 10.1. The summed E-state index contributed by atoms with van der Waals surface area (Å²) in [5.41, 5.74) is 0.100. The second kappa shape index (κ2) is 8.09. The van der Waals surface area contributed by atoms with Crippen LogP contribution in [0.4, 0.5) is 10.2 Å². The van der Waals surface area contributed by atoms with Crippen LogP contribution in [0.5, 0.6) is 0 Å². The Bertz CT molecular complexity index is 784. The molecule has 26 heavy (non-hydrogen) atoms. The molecule has 0 atom stereocenters. The molecule has 138 valence electrons. The highest BCUT2D eigenvalue weighted by molar-refractivity contribution is 5.94. The van der Waals surface area contributed by atoms with Gasteiger partial charge >= 0.3 is 0 Å². The van der Waals surface area contributed by atoms with Gasteiger partial charge in [-0.2, -0.15) is 0 Å². The molecule has 1 aromatic carbocycles. The van der Waals surface area contributed by atoms with Gasteiger partial charge in [0.25, 0.3) is 5.91 Å². The van der Waals surface area contributed by atoms with E-state index in [-0.39, 0.29) is 17.4 Å². The topological polar surface area (TPSA) is 78.7 Å². The molecule has 0 radical (unpaired) electrons. The number of aryl methyl sites for hydroxylation is 1. The highest BCUT2D eigenvalue weighted by atomic mass is 19.1. The number of piperazine rings is 1. The number of amides is 2. The second-order valence-electron chi connectivity index (χ2n) is 6.23. The number of nitrogens with zero attached hydrogens (tertiary/aromatic N) is 3. The standard InChI is InChI=1S/C18H21FN4O3/c1-13-12-16(21-26-13)20-17(24)6-7-22-8-10-23(11-9-22)18(25)14-4-2-3-5-15(14)19/h2-5,12H,6-11H2,1H3,(H,20,21,24). The van der Waals surface area contributed by atoms with E-state index < -0.39 is 5.82 Å². The van der Waals surface area contributed by atoms with E-state index in [1.807, 2.05) is 0 Å². The average molecular weight is 360 g/mol. The van der Waals surface area contributed by atoms with E-state index in [0.717, 1.165) is 0 Å². The number of hydrogen-bond donors (Lipinski definition) is 1. The van der Waals surface area contributed by atoms with E-state index in [1.54, 1.807) is 30.0 Å². The molecule has 1 aromatic heterocycles. The Balaban J connectivity index is 1.43. The van der Waals surface area contributed by atoms with Crippen molar-refractivity contribution in [2.24, 2.45) is 0 Å². The van der Waals surface area contributed by atoms with Crippen molar-refractivity contribution in [2.45, 2.75) is 13.3 Å². The molecule has 1 aliphatic heterocycles. The summed E-state index contributed by atoms with van der Waals surface area (Å²) in [5, 5.41) is 6.40. The summed E-state index contributed by atoms with van der Waals surface area (Å²) < 4.78 is 18.6. The molecule has 2 heterocycles. The summed E-state index contributed by atoms with van der Waals surface area (Å²) >= 11 is 0. The van der Waals surface area contributed by atoms with Gasteiger partial charge in [-0.05, 0) is 19.1 Å². The molecule has 0 bridgehead atoms. The second-order valence-corrected chi connectivity index (χ2v) is 6.23. The van der Waals surface area contributed by atoms with E-state index >= 15 is 0 Å². The van der Waals surface area contributed by atoms with Crippen molar-refractivity contribution in [3.05, 3.63) is 47.5 Å². The fourth-order valence-electron chi connectivity index (χ4n) is 2.87. The number of carbonyl (C=O) groups is 2. The van der Waals surface area contributed by atoms with Crippen LogP contribution in [0.15, 0.2) is 34.9 Å². The molecule has 1 N–H and O–H groups in total. The zero-order chi connectivity index (χ0) is 18.5. The quantitative estimate of drug-likeness (QED) is 0.881. The molecule has 0 spiro atoms. The van der Waals surface area contributed by atoms with Gasteiger partial charge in [-0.3, -0.25) is 14.5 Å². The Morgan fingerprint density at radius 1 is 1.23 bits per heavy atom. The van der Waals surface area contributed by atoms with E-state index in [0.29, 0.717) is 50.7 Å². The van der Waals surface area contributed by atoms with Gasteiger partial charge < -0.3 is 14.7 Å². The fourth-order valence-corrected chi connectivity index (χ4v) is 2.87. The lowest BCUT2D eigenvalue weighted by Crippen LogP contribution is -2.49. The normalized spacial score (nSPS) is 15.1. The van der Waals surface area contributed by atoms with Crippen molar-refractivity contribution < 1.29 is 18.5 Å². The molecular formula is C18H21FN4O3. The predicted octanol–water partition coefficient (Wildman–Crippen LogP) is 1.91.